The van der Waals surface area contributed by atoms with Crippen LogP contribution < -0.4 is 9.80 Å². The van der Waals surface area contributed by atoms with Crippen molar-refractivity contribution < 1.29 is 9.59 Å². The fourth-order valence-electron chi connectivity index (χ4n) is 5.16. The molecule has 0 aromatic heterocycles. The molecule has 2 aliphatic heterocycles. The van der Waals surface area contributed by atoms with Crippen LogP contribution in [0.1, 0.15) is 27.0 Å². The van der Waals surface area contributed by atoms with Gasteiger partial charge >= 0.3 is 0 Å². The maximum Gasteiger partial charge on any atom is 0.265 e. The van der Waals surface area contributed by atoms with Crippen LogP contribution in [0.4, 0.5) is 11.4 Å². The van der Waals surface area contributed by atoms with Crippen LogP contribution in [0.15, 0.2) is 113 Å². The number of para-hydroxylation sites is 2. The second-order valence-electron chi connectivity index (χ2n) is 10.2. The van der Waals surface area contributed by atoms with Crippen LogP contribution in [0.5, 0.6) is 0 Å². The third kappa shape index (κ3) is 5.54. The Morgan fingerprint density at radius 1 is 0.800 bits per heavy atom. The summed E-state index contributed by atoms with van der Waals surface area (Å²) < 4.78 is 0. The molecule has 2 heterocycles. The van der Waals surface area contributed by atoms with Crippen LogP contribution in [-0.2, 0) is 11.3 Å². The molecule has 0 radical (unpaired) electrons. The maximum absolute atomic E-state index is 13.6. The highest BCUT2D eigenvalue weighted by Gasteiger charge is 2.29. The standard InChI is InChI=1S/C34H31N3O2S/c1-25-11-13-27(14-12-25)24-37-30-9-5-6-10-31(30)40-32(34(37)39)23-26-15-17-28(18-16-26)33(38)36-21-19-35(20-22-36)29-7-3-2-4-8-29/h2-18,23H,19-22,24H2,1H3. The van der Waals surface area contributed by atoms with Gasteiger partial charge in [0.05, 0.1) is 17.1 Å². The predicted molar refractivity (Wildman–Crippen MR) is 164 cm³/mol. The van der Waals surface area contributed by atoms with E-state index in [9.17, 15) is 9.59 Å². The minimum atomic E-state index is -0.0132. The number of thioether (sulfide) groups is 1. The van der Waals surface area contributed by atoms with Crippen molar-refractivity contribution in [2.45, 2.75) is 18.4 Å². The van der Waals surface area contributed by atoms with E-state index in [4.69, 9.17) is 0 Å². The van der Waals surface area contributed by atoms with Crippen LogP contribution in [0.25, 0.3) is 6.08 Å². The zero-order valence-corrected chi connectivity index (χ0v) is 23.3. The molecule has 0 unspecified atom stereocenters. The number of carbonyl (C=O) groups is 2. The van der Waals surface area contributed by atoms with Gasteiger partial charge in [0.25, 0.3) is 11.8 Å². The Bertz CT molecular complexity index is 1540. The number of anilines is 2. The molecule has 2 aliphatic rings. The Hall–Kier alpha value is -4.29. The topological polar surface area (TPSA) is 43.9 Å². The summed E-state index contributed by atoms with van der Waals surface area (Å²) in [7, 11) is 0. The van der Waals surface area contributed by atoms with Gasteiger partial charge in [-0.2, -0.15) is 0 Å². The summed E-state index contributed by atoms with van der Waals surface area (Å²) in [5.74, 6) is 0.0361. The quantitative estimate of drug-likeness (QED) is 0.264. The fourth-order valence-corrected chi connectivity index (χ4v) is 6.22. The van der Waals surface area contributed by atoms with Gasteiger partial charge in [-0.15, -0.1) is 0 Å². The summed E-state index contributed by atoms with van der Waals surface area (Å²) in [6.45, 7) is 5.61. The maximum atomic E-state index is 13.6. The van der Waals surface area contributed by atoms with E-state index in [-0.39, 0.29) is 11.8 Å². The van der Waals surface area contributed by atoms with Crippen molar-refractivity contribution in [3.63, 3.8) is 0 Å². The zero-order chi connectivity index (χ0) is 27.5. The van der Waals surface area contributed by atoms with Gasteiger partial charge in [-0.3, -0.25) is 9.59 Å². The van der Waals surface area contributed by atoms with Crippen LogP contribution in [0.2, 0.25) is 0 Å². The molecule has 1 saturated heterocycles. The average Bonchev–Trinajstić information content (AvgIpc) is 3.01. The van der Waals surface area contributed by atoms with Crippen molar-refractivity contribution in [3.05, 3.63) is 130 Å². The smallest absolute Gasteiger partial charge is 0.265 e. The molecule has 4 aromatic rings. The molecule has 0 bridgehead atoms. The number of amides is 2. The molecule has 0 saturated carbocycles. The van der Waals surface area contributed by atoms with E-state index >= 15 is 0 Å². The number of benzene rings is 4. The molecule has 200 valence electrons. The lowest BCUT2D eigenvalue weighted by molar-refractivity contribution is -0.114. The minimum absolute atomic E-state index is 0.0132. The number of carbonyl (C=O) groups excluding carboxylic acids is 2. The van der Waals surface area contributed by atoms with Crippen molar-refractivity contribution in [1.82, 2.24) is 4.90 Å². The molecule has 0 atom stereocenters. The number of nitrogens with zero attached hydrogens (tertiary/aromatic N) is 3. The summed E-state index contributed by atoms with van der Waals surface area (Å²) in [5.41, 5.74) is 5.99. The molecule has 1 fully saturated rings. The molecule has 40 heavy (non-hydrogen) atoms. The van der Waals surface area contributed by atoms with Gasteiger partial charge in [0, 0.05) is 42.3 Å². The van der Waals surface area contributed by atoms with Gasteiger partial charge in [-0.1, -0.05) is 84.1 Å². The third-order valence-electron chi connectivity index (χ3n) is 7.44. The lowest BCUT2D eigenvalue weighted by Gasteiger charge is -2.36. The van der Waals surface area contributed by atoms with Gasteiger partial charge in [-0.25, -0.2) is 0 Å². The van der Waals surface area contributed by atoms with Crippen molar-refractivity contribution in [3.8, 4) is 0 Å². The van der Waals surface area contributed by atoms with Gasteiger partial charge in [0.2, 0.25) is 0 Å². The van der Waals surface area contributed by atoms with Crippen molar-refractivity contribution in [2.24, 2.45) is 0 Å². The molecular formula is C34H31N3O2S. The van der Waals surface area contributed by atoms with Gasteiger partial charge in [0.1, 0.15) is 0 Å². The molecule has 6 rings (SSSR count). The van der Waals surface area contributed by atoms with Gasteiger partial charge < -0.3 is 14.7 Å². The highest BCUT2D eigenvalue weighted by Crippen LogP contribution is 2.42. The first kappa shape index (κ1) is 26.0. The average molecular weight is 546 g/mol. The third-order valence-corrected chi connectivity index (χ3v) is 8.51. The predicted octanol–water partition coefficient (Wildman–Crippen LogP) is 6.64. The monoisotopic (exact) mass is 545 g/mol. The molecule has 4 aromatic carbocycles. The molecule has 0 N–H and O–H groups in total. The highest BCUT2D eigenvalue weighted by molar-refractivity contribution is 8.04. The second kappa shape index (κ2) is 11.4. The summed E-state index contributed by atoms with van der Waals surface area (Å²) in [6.07, 6.45) is 1.93. The Kier molecular flexibility index (Phi) is 7.43. The van der Waals surface area contributed by atoms with Crippen LogP contribution in [0.3, 0.4) is 0 Å². The second-order valence-corrected chi connectivity index (χ2v) is 11.3. The number of rotatable bonds is 5. The van der Waals surface area contributed by atoms with Crippen LogP contribution in [-0.4, -0.2) is 42.9 Å². The van der Waals surface area contributed by atoms with E-state index < -0.39 is 0 Å². The lowest BCUT2D eigenvalue weighted by Crippen LogP contribution is -2.48. The summed E-state index contributed by atoms with van der Waals surface area (Å²) in [5, 5.41) is 0. The van der Waals surface area contributed by atoms with Crippen molar-refractivity contribution in [2.75, 3.05) is 36.0 Å². The zero-order valence-electron chi connectivity index (χ0n) is 22.5. The molecule has 5 nitrogen and oxygen atoms in total. The molecule has 0 spiro atoms. The van der Waals surface area contributed by atoms with Gasteiger partial charge in [0.15, 0.2) is 0 Å². The number of hydrogen-bond acceptors (Lipinski definition) is 4. The first-order valence-corrected chi connectivity index (χ1v) is 14.4. The van der Waals surface area contributed by atoms with Crippen LogP contribution in [0, 0.1) is 6.92 Å². The Morgan fingerprint density at radius 2 is 1.48 bits per heavy atom. The SMILES string of the molecule is Cc1ccc(CN2C(=O)C(=Cc3ccc(C(=O)N4CCN(c5ccccc5)CC4)cc3)Sc3ccccc32)cc1. The van der Waals surface area contributed by atoms with E-state index in [1.165, 1.54) is 23.0 Å². The van der Waals surface area contributed by atoms with E-state index in [1.54, 1.807) is 0 Å². The summed E-state index contributed by atoms with van der Waals surface area (Å²) >= 11 is 1.50. The Balaban J connectivity index is 1.16. The number of fused-ring (bicyclic) bond motifs is 1. The van der Waals surface area contributed by atoms with Gasteiger partial charge in [-0.05, 0) is 60.5 Å². The number of piperazine rings is 1. The lowest BCUT2D eigenvalue weighted by atomic mass is 10.1. The summed E-state index contributed by atoms with van der Waals surface area (Å²) in [6, 6.07) is 34.3. The number of aryl methyl sites for hydroxylation is 1. The molecular weight excluding hydrogens is 514 g/mol. The fraction of sp³-hybridized carbons (Fsp3) is 0.176. The largest absolute Gasteiger partial charge is 0.368 e. The molecule has 2 amide bonds. The Labute approximate surface area is 239 Å². The van der Waals surface area contributed by atoms with Crippen LogP contribution >= 0.6 is 11.8 Å². The van der Waals surface area contributed by atoms with Crippen molar-refractivity contribution in [1.29, 1.82) is 0 Å². The minimum Gasteiger partial charge on any atom is -0.368 e. The van der Waals surface area contributed by atoms with E-state index in [0.717, 1.165) is 34.8 Å². The van der Waals surface area contributed by atoms with E-state index in [0.29, 0.717) is 30.1 Å². The summed E-state index contributed by atoms with van der Waals surface area (Å²) in [4.78, 5) is 34.7. The Morgan fingerprint density at radius 3 is 2.20 bits per heavy atom. The van der Waals surface area contributed by atoms with E-state index in [1.807, 2.05) is 76.5 Å². The number of hydrogen-bond donors (Lipinski definition) is 0. The highest BCUT2D eigenvalue weighted by atomic mass is 32.2. The normalized spacial score (nSPS) is 16.3. The first-order chi connectivity index (χ1) is 19.5. The van der Waals surface area contributed by atoms with Crippen molar-refractivity contribution >= 4 is 41.0 Å². The molecule has 6 heteroatoms. The first-order valence-electron chi connectivity index (χ1n) is 13.6. The molecule has 0 aliphatic carbocycles. The van der Waals surface area contributed by atoms with E-state index in [2.05, 4.69) is 54.3 Å².